The van der Waals surface area contributed by atoms with E-state index in [-0.39, 0.29) is 5.41 Å². The van der Waals surface area contributed by atoms with Gasteiger partial charge in [-0.2, -0.15) is 0 Å². The molecule has 0 spiro atoms. The van der Waals surface area contributed by atoms with Crippen molar-refractivity contribution in [2.45, 2.75) is 25.2 Å². The molecule has 3 nitrogen and oxygen atoms in total. The summed E-state index contributed by atoms with van der Waals surface area (Å²) < 4.78 is 10.9. The van der Waals surface area contributed by atoms with Gasteiger partial charge in [-0.15, -0.1) is 0 Å². The van der Waals surface area contributed by atoms with E-state index in [0.29, 0.717) is 0 Å². The fourth-order valence-corrected chi connectivity index (χ4v) is 2.48. The van der Waals surface area contributed by atoms with Gasteiger partial charge in [0.15, 0.2) is 0 Å². The zero-order valence-electron chi connectivity index (χ0n) is 11.4. The lowest BCUT2D eigenvalue weighted by Crippen LogP contribution is -2.47. The van der Waals surface area contributed by atoms with E-state index in [1.165, 1.54) is 18.4 Å². The Morgan fingerprint density at radius 2 is 2.00 bits per heavy atom. The molecule has 0 bridgehead atoms. The van der Waals surface area contributed by atoms with E-state index in [9.17, 15) is 0 Å². The highest BCUT2D eigenvalue weighted by atomic mass is 16.5. The summed E-state index contributed by atoms with van der Waals surface area (Å²) in [5.41, 5.74) is 1.62. The second-order valence-electron chi connectivity index (χ2n) is 4.94. The lowest BCUT2D eigenvalue weighted by Gasteiger charge is -2.42. The first kappa shape index (κ1) is 13.4. The van der Waals surface area contributed by atoms with Gasteiger partial charge in [0.2, 0.25) is 0 Å². The molecule has 0 aromatic heterocycles. The molecule has 1 fully saturated rings. The molecule has 0 radical (unpaired) electrons. The summed E-state index contributed by atoms with van der Waals surface area (Å²) >= 11 is 0. The minimum Gasteiger partial charge on any atom is -0.494 e. The van der Waals surface area contributed by atoms with Crippen molar-refractivity contribution in [3.63, 3.8) is 0 Å². The highest BCUT2D eigenvalue weighted by Crippen LogP contribution is 2.37. The summed E-state index contributed by atoms with van der Waals surface area (Å²) in [7, 11) is 2.00. The lowest BCUT2D eigenvalue weighted by molar-refractivity contribution is -0.0650. The molecule has 0 saturated carbocycles. The standard InChI is InChI=1S/C15H23NO2/c1-3-18-14-7-5-13(6-8-14)15(11-17-12-15)9-4-10-16-2/h5-8,16H,3-4,9-12H2,1-2H3. The van der Waals surface area contributed by atoms with Crippen molar-refractivity contribution >= 4 is 0 Å². The fraction of sp³-hybridized carbons (Fsp3) is 0.600. The first-order chi connectivity index (χ1) is 8.80. The highest BCUT2D eigenvalue weighted by molar-refractivity contribution is 5.34. The predicted molar refractivity (Wildman–Crippen MR) is 73.3 cm³/mol. The maximum absolute atomic E-state index is 5.48. The molecule has 1 saturated heterocycles. The van der Waals surface area contributed by atoms with Gasteiger partial charge in [-0.25, -0.2) is 0 Å². The molecule has 0 aliphatic carbocycles. The third-order valence-corrected chi connectivity index (χ3v) is 3.62. The second-order valence-corrected chi connectivity index (χ2v) is 4.94. The Morgan fingerprint density at radius 3 is 2.50 bits per heavy atom. The molecule has 0 atom stereocenters. The monoisotopic (exact) mass is 249 g/mol. The first-order valence-corrected chi connectivity index (χ1v) is 6.76. The van der Waals surface area contributed by atoms with Gasteiger partial charge in [-0.05, 0) is 51.1 Å². The lowest BCUT2D eigenvalue weighted by atomic mass is 9.75. The normalized spacial score (nSPS) is 17.2. The third kappa shape index (κ3) is 2.85. The van der Waals surface area contributed by atoms with Crippen LogP contribution in [0.2, 0.25) is 0 Å². The van der Waals surface area contributed by atoms with Gasteiger partial charge in [0.25, 0.3) is 0 Å². The van der Waals surface area contributed by atoms with E-state index >= 15 is 0 Å². The van der Waals surface area contributed by atoms with Crippen molar-refractivity contribution in [3.8, 4) is 5.75 Å². The largest absolute Gasteiger partial charge is 0.494 e. The zero-order valence-corrected chi connectivity index (χ0v) is 11.4. The van der Waals surface area contributed by atoms with Crippen molar-refractivity contribution in [3.05, 3.63) is 29.8 Å². The van der Waals surface area contributed by atoms with Gasteiger partial charge in [-0.1, -0.05) is 12.1 Å². The number of benzene rings is 1. The van der Waals surface area contributed by atoms with Crippen LogP contribution in [-0.2, 0) is 10.2 Å². The minimum absolute atomic E-state index is 0.238. The third-order valence-electron chi connectivity index (χ3n) is 3.62. The van der Waals surface area contributed by atoms with Crippen LogP contribution in [-0.4, -0.2) is 33.4 Å². The molecule has 1 N–H and O–H groups in total. The maximum Gasteiger partial charge on any atom is 0.119 e. The summed E-state index contributed by atoms with van der Waals surface area (Å²) in [5, 5.41) is 3.20. The van der Waals surface area contributed by atoms with Crippen LogP contribution in [0.1, 0.15) is 25.3 Å². The number of ether oxygens (including phenoxy) is 2. The average Bonchev–Trinajstić information content (AvgIpc) is 2.34. The Balaban J connectivity index is 2.02. The maximum atomic E-state index is 5.48. The summed E-state index contributed by atoms with van der Waals surface area (Å²) in [6.07, 6.45) is 2.37. The van der Waals surface area contributed by atoms with E-state index in [1.54, 1.807) is 0 Å². The molecule has 3 heteroatoms. The van der Waals surface area contributed by atoms with E-state index in [2.05, 4.69) is 29.6 Å². The summed E-state index contributed by atoms with van der Waals surface area (Å²) in [6.45, 7) is 5.50. The molecular weight excluding hydrogens is 226 g/mol. The summed E-state index contributed by atoms with van der Waals surface area (Å²) in [5.74, 6) is 0.951. The Morgan fingerprint density at radius 1 is 1.28 bits per heavy atom. The molecule has 2 rings (SSSR count). The topological polar surface area (TPSA) is 30.5 Å². The van der Waals surface area contributed by atoms with Crippen LogP contribution in [0, 0.1) is 0 Å². The minimum atomic E-state index is 0.238. The quantitative estimate of drug-likeness (QED) is 0.752. The molecule has 1 aliphatic heterocycles. The smallest absolute Gasteiger partial charge is 0.119 e. The first-order valence-electron chi connectivity index (χ1n) is 6.76. The molecule has 100 valence electrons. The van der Waals surface area contributed by atoms with Gasteiger partial charge >= 0.3 is 0 Å². The average molecular weight is 249 g/mol. The van der Waals surface area contributed by atoms with Crippen LogP contribution in [0.4, 0.5) is 0 Å². The zero-order chi connectivity index (χ0) is 12.8. The van der Waals surface area contributed by atoms with Gasteiger partial charge in [0.1, 0.15) is 5.75 Å². The number of rotatable bonds is 7. The second kappa shape index (κ2) is 6.21. The Hall–Kier alpha value is -1.06. The number of nitrogens with one attached hydrogen (secondary N) is 1. The van der Waals surface area contributed by atoms with E-state index < -0.39 is 0 Å². The van der Waals surface area contributed by atoms with Crippen molar-refractivity contribution in [1.29, 1.82) is 0 Å². The fourth-order valence-electron chi connectivity index (χ4n) is 2.48. The van der Waals surface area contributed by atoms with E-state index in [4.69, 9.17) is 9.47 Å². The van der Waals surface area contributed by atoms with Crippen molar-refractivity contribution < 1.29 is 9.47 Å². The SMILES string of the molecule is CCOc1ccc(C2(CCCNC)COC2)cc1. The summed E-state index contributed by atoms with van der Waals surface area (Å²) in [4.78, 5) is 0. The molecular formula is C15H23NO2. The van der Waals surface area contributed by atoms with Crippen LogP contribution in [0.15, 0.2) is 24.3 Å². The van der Waals surface area contributed by atoms with Crippen molar-refractivity contribution in [2.75, 3.05) is 33.4 Å². The molecule has 0 unspecified atom stereocenters. The molecule has 18 heavy (non-hydrogen) atoms. The van der Waals surface area contributed by atoms with Crippen LogP contribution in [0.5, 0.6) is 5.75 Å². The Bertz CT molecular complexity index is 357. The van der Waals surface area contributed by atoms with Crippen LogP contribution in [0.3, 0.4) is 0 Å². The van der Waals surface area contributed by atoms with Gasteiger partial charge < -0.3 is 14.8 Å². The van der Waals surface area contributed by atoms with Crippen LogP contribution in [0.25, 0.3) is 0 Å². The van der Waals surface area contributed by atoms with E-state index in [0.717, 1.165) is 32.1 Å². The Kier molecular flexibility index (Phi) is 4.61. The summed E-state index contributed by atoms with van der Waals surface area (Å²) in [6, 6.07) is 8.51. The number of hydrogen-bond acceptors (Lipinski definition) is 3. The molecule has 1 aliphatic rings. The molecule has 0 amide bonds. The van der Waals surface area contributed by atoms with E-state index in [1.807, 2.05) is 14.0 Å². The number of hydrogen-bond donors (Lipinski definition) is 1. The van der Waals surface area contributed by atoms with Gasteiger partial charge in [0.05, 0.1) is 19.8 Å². The Labute approximate surface area is 109 Å². The van der Waals surface area contributed by atoms with Crippen molar-refractivity contribution in [1.82, 2.24) is 5.32 Å². The van der Waals surface area contributed by atoms with Gasteiger partial charge in [0, 0.05) is 5.41 Å². The van der Waals surface area contributed by atoms with Crippen LogP contribution < -0.4 is 10.1 Å². The predicted octanol–water partition coefficient (Wildman–Crippen LogP) is 2.35. The molecule has 1 aromatic carbocycles. The van der Waals surface area contributed by atoms with Crippen molar-refractivity contribution in [2.24, 2.45) is 0 Å². The molecule has 1 heterocycles. The molecule has 1 aromatic rings. The van der Waals surface area contributed by atoms with Gasteiger partial charge in [-0.3, -0.25) is 0 Å². The highest BCUT2D eigenvalue weighted by Gasteiger charge is 2.39. The van der Waals surface area contributed by atoms with Crippen LogP contribution >= 0.6 is 0 Å².